The minimum absolute atomic E-state index is 0.0420. The maximum Gasteiger partial charge on any atom is 0.277 e. The molecule has 1 aliphatic carbocycles. The van der Waals surface area contributed by atoms with E-state index in [1.807, 2.05) is 58.1 Å². The zero-order valence-electron chi connectivity index (χ0n) is 14.6. The van der Waals surface area contributed by atoms with Crippen LogP contribution in [-0.4, -0.2) is 22.2 Å². The highest BCUT2D eigenvalue weighted by molar-refractivity contribution is 6.06. The number of fused-ring (bicyclic) bond motifs is 1. The zero-order valence-corrected chi connectivity index (χ0v) is 14.6. The van der Waals surface area contributed by atoms with E-state index < -0.39 is 0 Å². The maximum absolute atomic E-state index is 13.5. The van der Waals surface area contributed by atoms with Gasteiger partial charge in [0, 0.05) is 18.2 Å². The van der Waals surface area contributed by atoms with Crippen LogP contribution < -0.4 is 4.90 Å². The van der Waals surface area contributed by atoms with Crippen LogP contribution in [0.15, 0.2) is 60.7 Å². The molecule has 1 saturated carbocycles. The Balaban J connectivity index is 1.59. The van der Waals surface area contributed by atoms with E-state index in [0.717, 1.165) is 36.5 Å². The molecule has 2 aliphatic rings. The van der Waals surface area contributed by atoms with E-state index in [2.05, 4.69) is 12.1 Å². The van der Waals surface area contributed by atoms with Crippen LogP contribution in [0.2, 0.25) is 0 Å². The second-order valence-electron chi connectivity index (χ2n) is 7.17. The molecule has 4 nitrogen and oxygen atoms in total. The van der Waals surface area contributed by atoms with E-state index in [0.29, 0.717) is 11.6 Å². The number of aryl methyl sites for hydroxylation is 1. The Morgan fingerprint density at radius 3 is 2.58 bits per heavy atom. The third-order valence-corrected chi connectivity index (χ3v) is 5.30. The number of aromatic nitrogens is 2. The van der Waals surface area contributed by atoms with Crippen molar-refractivity contribution in [3.05, 3.63) is 77.6 Å². The molecule has 2 heterocycles. The van der Waals surface area contributed by atoms with E-state index >= 15 is 0 Å². The smallest absolute Gasteiger partial charge is 0.277 e. The molecule has 2 aromatic carbocycles. The number of para-hydroxylation sites is 2. The Labute approximate surface area is 153 Å². The predicted octanol–water partition coefficient (Wildman–Crippen LogP) is 4.34. The number of nitrogens with zero attached hydrogens (tertiary/aromatic N) is 3. The SMILES string of the molecule is O=C(c1cc(C2CC2)nn1-c1ccccc1)N1CCCc2ccccc21. The molecule has 3 aromatic rings. The first-order chi connectivity index (χ1) is 12.8. The maximum atomic E-state index is 13.5. The van der Waals surface area contributed by atoms with Crippen molar-refractivity contribution < 1.29 is 4.79 Å². The summed E-state index contributed by atoms with van der Waals surface area (Å²) in [5.41, 5.74) is 4.93. The van der Waals surface area contributed by atoms with Gasteiger partial charge >= 0.3 is 0 Å². The minimum Gasteiger partial charge on any atom is -0.307 e. The topological polar surface area (TPSA) is 38.1 Å². The standard InChI is InChI=1S/C22H21N3O/c26-22(24-14-6-8-17-7-4-5-11-20(17)24)21-15-19(16-12-13-16)23-25(21)18-9-2-1-3-10-18/h1-5,7,9-11,15-16H,6,8,12-14H2. The molecule has 0 N–H and O–H groups in total. The average Bonchev–Trinajstić information content (AvgIpc) is 3.46. The molecule has 1 amide bonds. The van der Waals surface area contributed by atoms with Crippen molar-refractivity contribution in [1.82, 2.24) is 9.78 Å². The Morgan fingerprint density at radius 2 is 1.77 bits per heavy atom. The summed E-state index contributed by atoms with van der Waals surface area (Å²) >= 11 is 0. The minimum atomic E-state index is 0.0420. The number of amides is 1. The van der Waals surface area contributed by atoms with Crippen molar-refractivity contribution in [2.45, 2.75) is 31.6 Å². The Kier molecular flexibility index (Phi) is 3.63. The largest absolute Gasteiger partial charge is 0.307 e. The molecule has 0 saturated heterocycles. The van der Waals surface area contributed by atoms with E-state index in [1.54, 1.807) is 0 Å². The Morgan fingerprint density at radius 1 is 1.00 bits per heavy atom. The van der Waals surface area contributed by atoms with Gasteiger partial charge in [-0.1, -0.05) is 36.4 Å². The first-order valence-corrected chi connectivity index (χ1v) is 9.36. The summed E-state index contributed by atoms with van der Waals surface area (Å²) in [5, 5.41) is 4.78. The molecule has 4 heteroatoms. The molecule has 0 radical (unpaired) electrons. The van der Waals surface area contributed by atoms with E-state index in [1.165, 1.54) is 18.4 Å². The van der Waals surface area contributed by atoms with Gasteiger partial charge in [-0.05, 0) is 55.5 Å². The highest BCUT2D eigenvalue weighted by atomic mass is 16.2. The monoisotopic (exact) mass is 343 g/mol. The summed E-state index contributed by atoms with van der Waals surface area (Å²) in [6.45, 7) is 0.759. The third kappa shape index (κ3) is 2.62. The number of rotatable bonds is 3. The highest BCUT2D eigenvalue weighted by Crippen LogP contribution is 2.40. The number of carbonyl (C=O) groups excluding carboxylic acids is 1. The van der Waals surface area contributed by atoms with Crippen molar-refractivity contribution >= 4 is 11.6 Å². The average molecular weight is 343 g/mol. The lowest BCUT2D eigenvalue weighted by atomic mass is 10.0. The molecule has 0 bridgehead atoms. The van der Waals surface area contributed by atoms with Crippen LogP contribution in [-0.2, 0) is 6.42 Å². The zero-order chi connectivity index (χ0) is 17.5. The number of carbonyl (C=O) groups is 1. The van der Waals surface area contributed by atoms with E-state index in [9.17, 15) is 4.79 Å². The summed E-state index contributed by atoms with van der Waals surface area (Å²) < 4.78 is 1.83. The number of hydrogen-bond donors (Lipinski definition) is 0. The van der Waals surface area contributed by atoms with Crippen LogP contribution >= 0.6 is 0 Å². The molecule has 0 atom stereocenters. The molecular weight excluding hydrogens is 322 g/mol. The second-order valence-corrected chi connectivity index (χ2v) is 7.17. The van der Waals surface area contributed by atoms with Crippen LogP contribution in [0.1, 0.15) is 46.9 Å². The van der Waals surface area contributed by atoms with Crippen molar-refractivity contribution in [3.63, 3.8) is 0 Å². The fourth-order valence-electron chi connectivity index (χ4n) is 3.78. The molecule has 130 valence electrons. The van der Waals surface area contributed by atoms with Crippen molar-refractivity contribution in [1.29, 1.82) is 0 Å². The van der Waals surface area contributed by atoms with Crippen LogP contribution in [0.5, 0.6) is 0 Å². The van der Waals surface area contributed by atoms with Gasteiger partial charge in [-0.3, -0.25) is 4.79 Å². The van der Waals surface area contributed by atoms with Gasteiger partial charge in [-0.2, -0.15) is 5.10 Å². The van der Waals surface area contributed by atoms with Gasteiger partial charge in [0.05, 0.1) is 11.4 Å². The lowest BCUT2D eigenvalue weighted by molar-refractivity contribution is 0.0977. The van der Waals surface area contributed by atoms with Gasteiger partial charge in [0.25, 0.3) is 5.91 Å². The molecular formula is C22H21N3O. The first kappa shape index (κ1) is 15.4. The fraction of sp³-hybridized carbons (Fsp3) is 0.273. The van der Waals surface area contributed by atoms with Crippen LogP contribution in [0.25, 0.3) is 5.69 Å². The van der Waals surface area contributed by atoms with Crippen molar-refractivity contribution in [2.24, 2.45) is 0 Å². The quantitative estimate of drug-likeness (QED) is 0.709. The molecule has 0 spiro atoms. The Hall–Kier alpha value is -2.88. The van der Waals surface area contributed by atoms with Gasteiger partial charge in [0.2, 0.25) is 0 Å². The van der Waals surface area contributed by atoms with Crippen LogP contribution in [0.4, 0.5) is 5.69 Å². The van der Waals surface area contributed by atoms with Gasteiger partial charge in [-0.25, -0.2) is 4.68 Å². The summed E-state index contributed by atoms with van der Waals surface area (Å²) in [4.78, 5) is 15.4. The lowest BCUT2D eigenvalue weighted by Crippen LogP contribution is -2.36. The predicted molar refractivity (Wildman–Crippen MR) is 102 cm³/mol. The fourth-order valence-corrected chi connectivity index (χ4v) is 3.78. The Bertz CT molecular complexity index is 957. The summed E-state index contributed by atoms with van der Waals surface area (Å²) in [7, 11) is 0. The highest BCUT2D eigenvalue weighted by Gasteiger charge is 2.31. The van der Waals surface area contributed by atoms with Gasteiger partial charge in [0.15, 0.2) is 0 Å². The van der Waals surface area contributed by atoms with E-state index in [4.69, 9.17) is 5.10 Å². The molecule has 1 fully saturated rings. The first-order valence-electron chi connectivity index (χ1n) is 9.36. The number of hydrogen-bond acceptors (Lipinski definition) is 2. The van der Waals surface area contributed by atoms with Crippen LogP contribution in [0.3, 0.4) is 0 Å². The summed E-state index contributed by atoms with van der Waals surface area (Å²) in [5.74, 6) is 0.556. The van der Waals surface area contributed by atoms with Crippen LogP contribution in [0, 0.1) is 0 Å². The van der Waals surface area contributed by atoms with Gasteiger partial charge < -0.3 is 4.90 Å². The molecule has 1 aliphatic heterocycles. The molecule has 0 unspecified atom stereocenters. The third-order valence-electron chi connectivity index (χ3n) is 5.30. The van der Waals surface area contributed by atoms with Crippen molar-refractivity contribution in [3.8, 4) is 5.69 Å². The molecule has 1 aromatic heterocycles. The second kappa shape index (κ2) is 6.13. The summed E-state index contributed by atoms with van der Waals surface area (Å²) in [6.07, 6.45) is 4.38. The van der Waals surface area contributed by atoms with E-state index in [-0.39, 0.29) is 5.91 Å². The normalized spacial score (nSPS) is 16.4. The number of anilines is 1. The van der Waals surface area contributed by atoms with Gasteiger partial charge in [0.1, 0.15) is 5.69 Å². The molecule has 26 heavy (non-hydrogen) atoms. The molecule has 5 rings (SSSR count). The summed E-state index contributed by atoms with van der Waals surface area (Å²) in [6, 6.07) is 20.2. The lowest BCUT2D eigenvalue weighted by Gasteiger charge is -2.29. The van der Waals surface area contributed by atoms with Gasteiger partial charge in [-0.15, -0.1) is 0 Å². The van der Waals surface area contributed by atoms with Crippen molar-refractivity contribution in [2.75, 3.05) is 11.4 Å². The number of benzene rings is 2.